The summed E-state index contributed by atoms with van der Waals surface area (Å²) in [6.45, 7) is 1.60. The van der Waals surface area contributed by atoms with Crippen LogP contribution < -0.4 is 5.43 Å². The number of nitrogens with one attached hydrogen (secondary N) is 1. The summed E-state index contributed by atoms with van der Waals surface area (Å²) in [7, 11) is 0. The van der Waals surface area contributed by atoms with Crippen molar-refractivity contribution in [1.29, 1.82) is 0 Å². The predicted molar refractivity (Wildman–Crippen MR) is 85.9 cm³/mol. The second-order valence-corrected chi connectivity index (χ2v) is 5.04. The highest BCUT2D eigenvalue weighted by Crippen LogP contribution is 2.21. The Kier molecular flexibility index (Phi) is 4.92. The number of nitro groups is 1. The van der Waals surface area contributed by atoms with Crippen molar-refractivity contribution < 1.29 is 14.8 Å². The van der Waals surface area contributed by atoms with E-state index in [0.717, 1.165) is 0 Å². The van der Waals surface area contributed by atoms with Gasteiger partial charge in [-0.25, -0.2) is 5.43 Å². The number of aromatic hydroxyl groups is 1. The summed E-state index contributed by atoms with van der Waals surface area (Å²) < 4.78 is 0. The van der Waals surface area contributed by atoms with Crippen molar-refractivity contribution in [3.63, 3.8) is 0 Å². The van der Waals surface area contributed by atoms with Crippen molar-refractivity contribution in [2.45, 2.75) is 6.92 Å². The monoisotopic (exact) mass is 333 g/mol. The van der Waals surface area contributed by atoms with Gasteiger partial charge in [-0.15, -0.1) is 0 Å². The van der Waals surface area contributed by atoms with Gasteiger partial charge in [0.25, 0.3) is 11.6 Å². The minimum atomic E-state index is -0.621. The van der Waals surface area contributed by atoms with Crippen LogP contribution in [0.4, 0.5) is 5.69 Å². The second kappa shape index (κ2) is 6.89. The van der Waals surface area contributed by atoms with E-state index in [-0.39, 0.29) is 17.0 Å². The fraction of sp³-hybridized carbons (Fsp3) is 0.0667. The summed E-state index contributed by atoms with van der Waals surface area (Å²) in [6, 6.07) is 9.95. The van der Waals surface area contributed by atoms with Crippen molar-refractivity contribution in [3.8, 4) is 5.75 Å². The quantitative estimate of drug-likeness (QED) is 0.509. The molecule has 8 heteroatoms. The molecule has 0 spiro atoms. The molecule has 2 aromatic rings. The number of phenolic OH excluding ortho intramolecular Hbond substituents is 1. The van der Waals surface area contributed by atoms with Crippen LogP contribution in [0, 0.1) is 10.1 Å². The standard InChI is InChI=1S/C15H12ClN3O4/c1-9(10-3-2-4-12(7-10)19(22)23)17-18-15(21)13-6-5-11(16)8-14(13)20/h2-8,20H,1H3,(H,18,21)/b17-9-. The van der Waals surface area contributed by atoms with E-state index in [0.29, 0.717) is 16.3 Å². The van der Waals surface area contributed by atoms with E-state index >= 15 is 0 Å². The average Bonchev–Trinajstić information content (AvgIpc) is 2.52. The summed E-state index contributed by atoms with van der Waals surface area (Å²) in [6.07, 6.45) is 0. The fourth-order valence-electron chi connectivity index (χ4n) is 1.80. The highest BCUT2D eigenvalue weighted by molar-refractivity contribution is 6.30. The molecule has 0 saturated heterocycles. The molecule has 7 nitrogen and oxygen atoms in total. The van der Waals surface area contributed by atoms with Crippen molar-refractivity contribution in [2.24, 2.45) is 5.10 Å². The van der Waals surface area contributed by atoms with Gasteiger partial charge >= 0.3 is 0 Å². The number of hydrazone groups is 1. The minimum Gasteiger partial charge on any atom is -0.507 e. The van der Waals surface area contributed by atoms with E-state index in [1.165, 1.54) is 36.4 Å². The molecule has 0 aliphatic rings. The Labute approximate surface area is 136 Å². The lowest BCUT2D eigenvalue weighted by Crippen LogP contribution is -2.19. The molecule has 0 aliphatic heterocycles. The van der Waals surface area contributed by atoms with Gasteiger partial charge in [0.1, 0.15) is 5.75 Å². The van der Waals surface area contributed by atoms with Crippen LogP contribution in [0.5, 0.6) is 5.75 Å². The number of halogens is 1. The number of carbonyl (C=O) groups excluding carboxylic acids is 1. The first-order valence-corrected chi connectivity index (χ1v) is 6.84. The van der Waals surface area contributed by atoms with E-state index in [2.05, 4.69) is 10.5 Å². The van der Waals surface area contributed by atoms with Crippen LogP contribution in [0.15, 0.2) is 47.6 Å². The molecule has 2 aromatic carbocycles. The maximum absolute atomic E-state index is 12.0. The summed E-state index contributed by atoms with van der Waals surface area (Å²) in [5.74, 6) is -0.887. The molecule has 118 valence electrons. The first-order valence-electron chi connectivity index (χ1n) is 6.46. The maximum atomic E-state index is 12.0. The average molecular weight is 334 g/mol. The predicted octanol–water partition coefficient (Wildman–Crippen LogP) is 3.11. The van der Waals surface area contributed by atoms with Crippen LogP contribution in [0.2, 0.25) is 5.02 Å². The molecule has 0 saturated carbocycles. The number of hydrogen-bond acceptors (Lipinski definition) is 5. The van der Waals surface area contributed by atoms with Gasteiger partial charge in [-0.2, -0.15) is 5.10 Å². The first-order chi connectivity index (χ1) is 10.9. The van der Waals surface area contributed by atoms with Gasteiger partial charge in [0, 0.05) is 22.7 Å². The van der Waals surface area contributed by atoms with Crippen LogP contribution in [-0.4, -0.2) is 21.6 Å². The first kappa shape index (κ1) is 16.4. The molecule has 2 N–H and O–H groups in total. The highest BCUT2D eigenvalue weighted by Gasteiger charge is 2.12. The van der Waals surface area contributed by atoms with Crippen LogP contribution in [0.3, 0.4) is 0 Å². The molecule has 0 aromatic heterocycles. The number of amides is 1. The van der Waals surface area contributed by atoms with E-state index in [1.54, 1.807) is 13.0 Å². The summed E-state index contributed by atoms with van der Waals surface area (Å²) in [5, 5.41) is 24.6. The number of rotatable bonds is 4. The maximum Gasteiger partial charge on any atom is 0.275 e. The van der Waals surface area contributed by atoms with E-state index in [1.807, 2.05) is 0 Å². The second-order valence-electron chi connectivity index (χ2n) is 4.61. The van der Waals surface area contributed by atoms with Crippen LogP contribution in [0.1, 0.15) is 22.8 Å². The minimum absolute atomic E-state index is 0.0185. The van der Waals surface area contributed by atoms with Crippen molar-refractivity contribution in [1.82, 2.24) is 5.43 Å². The molecule has 0 radical (unpaired) electrons. The van der Waals surface area contributed by atoms with Gasteiger partial charge in [-0.3, -0.25) is 14.9 Å². The number of phenols is 1. The van der Waals surface area contributed by atoms with Gasteiger partial charge < -0.3 is 5.11 Å². The fourth-order valence-corrected chi connectivity index (χ4v) is 1.97. The number of non-ortho nitro benzene ring substituents is 1. The topological polar surface area (TPSA) is 105 Å². The Bertz CT molecular complexity index is 805. The van der Waals surface area contributed by atoms with Crippen molar-refractivity contribution in [2.75, 3.05) is 0 Å². The molecule has 23 heavy (non-hydrogen) atoms. The lowest BCUT2D eigenvalue weighted by Gasteiger charge is -2.05. The van der Waals surface area contributed by atoms with Gasteiger partial charge in [0.15, 0.2) is 0 Å². The zero-order valence-electron chi connectivity index (χ0n) is 12.0. The van der Waals surface area contributed by atoms with Crippen LogP contribution in [0.25, 0.3) is 0 Å². The SMILES string of the molecule is C/C(=N/NC(=O)c1ccc(Cl)cc1O)c1cccc([N+](=O)[O-])c1. The zero-order chi connectivity index (χ0) is 17.0. The van der Waals surface area contributed by atoms with Crippen molar-refractivity contribution >= 4 is 28.9 Å². The molecular formula is C15H12ClN3O4. The number of carbonyl (C=O) groups is 1. The molecule has 2 rings (SSSR count). The van der Waals surface area contributed by atoms with Gasteiger partial charge in [-0.05, 0) is 25.1 Å². The van der Waals surface area contributed by atoms with E-state index in [9.17, 15) is 20.0 Å². The molecule has 0 fully saturated rings. The third kappa shape index (κ3) is 4.04. The molecule has 0 atom stereocenters. The number of nitrogens with zero attached hydrogens (tertiary/aromatic N) is 2. The molecule has 1 amide bonds. The number of nitro benzene ring substituents is 1. The Balaban J connectivity index is 2.17. The van der Waals surface area contributed by atoms with Gasteiger partial charge in [-0.1, -0.05) is 23.7 Å². The smallest absolute Gasteiger partial charge is 0.275 e. The Morgan fingerprint density at radius 3 is 2.70 bits per heavy atom. The Hall–Kier alpha value is -2.93. The Morgan fingerprint density at radius 2 is 2.04 bits per heavy atom. The largest absolute Gasteiger partial charge is 0.507 e. The number of hydrogen-bond donors (Lipinski definition) is 2. The van der Waals surface area contributed by atoms with Crippen LogP contribution in [-0.2, 0) is 0 Å². The van der Waals surface area contributed by atoms with Gasteiger partial charge in [0.2, 0.25) is 0 Å². The Morgan fingerprint density at radius 1 is 1.30 bits per heavy atom. The molecular weight excluding hydrogens is 322 g/mol. The zero-order valence-corrected chi connectivity index (χ0v) is 12.7. The summed E-state index contributed by atoms with van der Waals surface area (Å²) >= 11 is 5.70. The molecule has 0 bridgehead atoms. The highest BCUT2D eigenvalue weighted by atomic mass is 35.5. The number of benzene rings is 2. The normalized spacial score (nSPS) is 11.1. The van der Waals surface area contributed by atoms with E-state index in [4.69, 9.17) is 11.6 Å². The third-order valence-electron chi connectivity index (χ3n) is 3.00. The summed E-state index contributed by atoms with van der Waals surface area (Å²) in [5.41, 5.74) is 3.11. The summed E-state index contributed by atoms with van der Waals surface area (Å²) in [4.78, 5) is 22.2. The van der Waals surface area contributed by atoms with Crippen LogP contribution >= 0.6 is 11.6 Å². The molecule has 0 aliphatic carbocycles. The molecule has 0 heterocycles. The lowest BCUT2D eigenvalue weighted by molar-refractivity contribution is -0.384. The van der Waals surface area contributed by atoms with E-state index < -0.39 is 10.8 Å². The molecule has 0 unspecified atom stereocenters. The lowest BCUT2D eigenvalue weighted by atomic mass is 10.1. The van der Waals surface area contributed by atoms with Crippen molar-refractivity contribution in [3.05, 3.63) is 68.7 Å². The third-order valence-corrected chi connectivity index (χ3v) is 3.24. The van der Waals surface area contributed by atoms with Gasteiger partial charge in [0.05, 0.1) is 16.2 Å².